The highest BCUT2D eigenvalue weighted by Crippen LogP contribution is 2.30. The molecule has 5 heteroatoms. The first kappa shape index (κ1) is 13.5. The second-order valence-electron chi connectivity index (χ2n) is 4.85. The highest BCUT2D eigenvalue weighted by atomic mass is 32.1. The molecule has 1 aliphatic rings. The molecule has 0 bridgehead atoms. The molecule has 0 radical (unpaired) electrons. The first-order valence-electron chi connectivity index (χ1n) is 6.64. The van der Waals surface area contributed by atoms with E-state index in [-0.39, 0.29) is 11.3 Å². The van der Waals surface area contributed by atoms with Crippen LogP contribution >= 0.6 is 11.3 Å². The number of carbonyl (C=O) groups is 1. The molecule has 1 amide bonds. The Morgan fingerprint density at radius 1 is 1.67 bits per heavy atom. The van der Waals surface area contributed by atoms with Crippen LogP contribution in [0.2, 0.25) is 0 Å². The smallest absolute Gasteiger partial charge is 0.227 e. The molecule has 0 aromatic carbocycles. The van der Waals surface area contributed by atoms with E-state index < -0.39 is 0 Å². The van der Waals surface area contributed by atoms with Crippen LogP contribution < -0.4 is 10.6 Å². The topological polar surface area (TPSA) is 54.0 Å². The van der Waals surface area contributed by atoms with Crippen molar-refractivity contribution in [2.24, 2.45) is 5.41 Å². The Morgan fingerprint density at radius 2 is 2.56 bits per heavy atom. The van der Waals surface area contributed by atoms with E-state index in [9.17, 15) is 4.79 Å². The summed E-state index contributed by atoms with van der Waals surface area (Å²) in [6.45, 7) is 4.64. The van der Waals surface area contributed by atoms with E-state index in [0.29, 0.717) is 6.54 Å². The molecule has 0 spiro atoms. The molecule has 4 nitrogen and oxygen atoms in total. The van der Waals surface area contributed by atoms with Gasteiger partial charge in [-0.15, -0.1) is 11.3 Å². The quantitative estimate of drug-likeness (QED) is 0.851. The predicted octanol–water partition coefficient (Wildman–Crippen LogP) is 1.58. The average Bonchev–Trinajstić information content (AvgIpc) is 2.92. The maximum Gasteiger partial charge on any atom is 0.227 e. The fourth-order valence-corrected chi connectivity index (χ4v) is 3.09. The Balaban J connectivity index is 1.82. The third-order valence-electron chi connectivity index (χ3n) is 3.74. The number of piperidine rings is 1. The molecule has 2 rings (SSSR count). The van der Waals surface area contributed by atoms with Gasteiger partial charge in [-0.05, 0) is 25.8 Å². The largest absolute Gasteiger partial charge is 0.355 e. The van der Waals surface area contributed by atoms with Crippen LogP contribution in [0, 0.1) is 5.41 Å². The summed E-state index contributed by atoms with van der Waals surface area (Å²) in [7, 11) is 0. The van der Waals surface area contributed by atoms with E-state index in [1.54, 1.807) is 17.5 Å². The van der Waals surface area contributed by atoms with Crippen LogP contribution in [0.25, 0.3) is 0 Å². The lowest BCUT2D eigenvalue weighted by molar-refractivity contribution is -0.132. The SMILES string of the molecule is CCC1(C(=O)NCCc2nccs2)CCCNC1. The molecule has 1 atom stereocenters. The van der Waals surface area contributed by atoms with Crippen molar-refractivity contribution >= 4 is 17.2 Å². The van der Waals surface area contributed by atoms with Gasteiger partial charge in [0.1, 0.15) is 0 Å². The van der Waals surface area contributed by atoms with E-state index >= 15 is 0 Å². The van der Waals surface area contributed by atoms with E-state index in [0.717, 1.165) is 43.8 Å². The summed E-state index contributed by atoms with van der Waals surface area (Å²) in [6.07, 6.45) is 5.63. The van der Waals surface area contributed by atoms with Gasteiger partial charge >= 0.3 is 0 Å². The molecular formula is C13H21N3OS. The Hall–Kier alpha value is -0.940. The van der Waals surface area contributed by atoms with Crippen LogP contribution in [-0.2, 0) is 11.2 Å². The van der Waals surface area contributed by atoms with Crippen LogP contribution in [-0.4, -0.2) is 30.5 Å². The molecule has 100 valence electrons. The van der Waals surface area contributed by atoms with E-state index in [4.69, 9.17) is 0 Å². The summed E-state index contributed by atoms with van der Waals surface area (Å²) in [5.41, 5.74) is -0.193. The molecule has 1 fully saturated rings. The molecule has 18 heavy (non-hydrogen) atoms. The maximum absolute atomic E-state index is 12.3. The summed E-state index contributed by atoms with van der Waals surface area (Å²) in [4.78, 5) is 16.5. The summed E-state index contributed by atoms with van der Waals surface area (Å²) in [6, 6.07) is 0. The van der Waals surface area contributed by atoms with Gasteiger partial charge in [0, 0.05) is 31.1 Å². The number of hydrogen-bond donors (Lipinski definition) is 2. The number of nitrogens with one attached hydrogen (secondary N) is 2. The van der Waals surface area contributed by atoms with E-state index in [1.807, 2.05) is 5.38 Å². The molecular weight excluding hydrogens is 246 g/mol. The van der Waals surface area contributed by atoms with Crippen molar-refractivity contribution in [1.82, 2.24) is 15.6 Å². The second-order valence-corrected chi connectivity index (χ2v) is 5.83. The number of nitrogens with zero attached hydrogens (tertiary/aromatic N) is 1. The lowest BCUT2D eigenvalue weighted by atomic mass is 9.77. The Morgan fingerprint density at radius 3 is 3.17 bits per heavy atom. The van der Waals surface area contributed by atoms with Crippen LogP contribution in [0.15, 0.2) is 11.6 Å². The second kappa shape index (κ2) is 6.29. The number of thiazole rings is 1. The average molecular weight is 267 g/mol. The van der Waals surface area contributed by atoms with Crippen LogP contribution in [0.1, 0.15) is 31.2 Å². The van der Waals surface area contributed by atoms with Gasteiger partial charge in [0.25, 0.3) is 0 Å². The lowest BCUT2D eigenvalue weighted by Gasteiger charge is -2.35. The molecule has 1 aromatic heterocycles. The van der Waals surface area contributed by atoms with E-state index in [2.05, 4.69) is 22.5 Å². The normalized spacial score (nSPS) is 23.8. The zero-order valence-electron chi connectivity index (χ0n) is 10.9. The standard InChI is InChI=1S/C13H21N3OS/c1-2-13(5-3-6-14-10-13)12(17)16-7-4-11-15-8-9-18-11/h8-9,14H,2-7,10H2,1H3,(H,16,17). The van der Waals surface area contributed by atoms with Crippen LogP contribution in [0.4, 0.5) is 0 Å². The van der Waals surface area contributed by atoms with Gasteiger partial charge in [0.2, 0.25) is 5.91 Å². The van der Waals surface area contributed by atoms with Crippen molar-refractivity contribution in [3.05, 3.63) is 16.6 Å². The Bertz CT molecular complexity index is 372. The summed E-state index contributed by atoms with van der Waals surface area (Å²) < 4.78 is 0. The fraction of sp³-hybridized carbons (Fsp3) is 0.692. The summed E-state index contributed by atoms with van der Waals surface area (Å²) >= 11 is 1.64. The molecule has 1 unspecified atom stereocenters. The molecule has 1 aromatic rings. The van der Waals surface area contributed by atoms with Crippen LogP contribution in [0.5, 0.6) is 0 Å². The zero-order valence-corrected chi connectivity index (χ0v) is 11.7. The van der Waals surface area contributed by atoms with Crippen molar-refractivity contribution in [1.29, 1.82) is 0 Å². The minimum absolute atomic E-state index is 0.193. The van der Waals surface area contributed by atoms with Gasteiger partial charge < -0.3 is 10.6 Å². The first-order valence-corrected chi connectivity index (χ1v) is 7.52. The molecule has 0 saturated carbocycles. The number of hydrogen-bond acceptors (Lipinski definition) is 4. The Kier molecular flexibility index (Phi) is 4.72. The number of rotatable bonds is 5. The molecule has 0 aliphatic carbocycles. The minimum atomic E-state index is -0.193. The highest BCUT2D eigenvalue weighted by Gasteiger charge is 2.37. The van der Waals surface area contributed by atoms with Gasteiger partial charge in [-0.3, -0.25) is 4.79 Å². The van der Waals surface area contributed by atoms with Gasteiger partial charge in [-0.2, -0.15) is 0 Å². The number of carbonyl (C=O) groups excluding carboxylic acids is 1. The van der Waals surface area contributed by atoms with Crippen molar-refractivity contribution in [2.45, 2.75) is 32.6 Å². The van der Waals surface area contributed by atoms with E-state index in [1.165, 1.54) is 0 Å². The molecule has 2 N–H and O–H groups in total. The van der Waals surface area contributed by atoms with Crippen molar-refractivity contribution in [3.63, 3.8) is 0 Å². The van der Waals surface area contributed by atoms with Crippen molar-refractivity contribution in [3.8, 4) is 0 Å². The van der Waals surface area contributed by atoms with Gasteiger partial charge in [-0.25, -0.2) is 4.98 Å². The third-order valence-corrected chi connectivity index (χ3v) is 4.58. The zero-order chi connectivity index (χ0) is 12.8. The van der Waals surface area contributed by atoms with Gasteiger partial charge in [0.15, 0.2) is 0 Å². The molecule has 2 heterocycles. The molecule has 1 saturated heterocycles. The van der Waals surface area contributed by atoms with Crippen molar-refractivity contribution in [2.75, 3.05) is 19.6 Å². The monoisotopic (exact) mass is 267 g/mol. The van der Waals surface area contributed by atoms with Gasteiger partial charge in [0.05, 0.1) is 10.4 Å². The lowest BCUT2D eigenvalue weighted by Crippen LogP contribution is -2.50. The summed E-state index contributed by atoms with van der Waals surface area (Å²) in [5.74, 6) is 0.203. The first-order chi connectivity index (χ1) is 8.77. The maximum atomic E-state index is 12.3. The number of amides is 1. The fourth-order valence-electron chi connectivity index (χ4n) is 2.47. The minimum Gasteiger partial charge on any atom is -0.355 e. The number of aromatic nitrogens is 1. The molecule has 1 aliphatic heterocycles. The predicted molar refractivity (Wildman–Crippen MR) is 73.7 cm³/mol. The van der Waals surface area contributed by atoms with Gasteiger partial charge in [-0.1, -0.05) is 6.92 Å². The Labute approximate surface area is 112 Å². The summed E-state index contributed by atoms with van der Waals surface area (Å²) in [5, 5.41) is 9.46. The highest BCUT2D eigenvalue weighted by molar-refractivity contribution is 7.09. The van der Waals surface area contributed by atoms with Crippen molar-refractivity contribution < 1.29 is 4.79 Å². The van der Waals surface area contributed by atoms with Crippen LogP contribution in [0.3, 0.4) is 0 Å². The third kappa shape index (κ3) is 3.09.